The number of hydrogen-bond donors (Lipinski definition) is 0. The van der Waals surface area contributed by atoms with Crippen molar-refractivity contribution in [1.29, 1.82) is 0 Å². The maximum absolute atomic E-state index is 2.68. The summed E-state index contributed by atoms with van der Waals surface area (Å²) in [7, 11) is -1.88. The maximum atomic E-state index is 2.68. The molecule has 0 fully saturated rings. The van der Waals surface area contributed by atoms with Crippen LogP contribution in [0.25, 0.3) is 34.4 Å². The summed E-state index contributed by atoms with van der Waals surface area (Å²) < 4.78 is 0. The topological polar surface area (TPSA) is 0 Å². The second-order valence-electron chi connectivity index (χ2n) is 13.4. The minimum Gasteiger partial charge on any atom is -0.0712 e. The molecule has 214 valence electrons. The van der Waals surface area contributed by atoms with Crippen LogP contribution in [0.4, 0.5) is 0 Å². The molecule has 0 spiro atoms. The number of allylic oxidation sites excluding steroid dienone is 2. The molecule has 42 heavy (non-hydrogen) atoms. The first kappa shape index (κ1) is 28.7. The number of hydrogen-bond acceptors (Lipinski definition) is 0. The summed E-state index contributed by atoms with van der Waals surface area (Å²) in [4.78, 5) is 0. The van der Waals surface area contributed by atoms with Gasteiger partial charge in [0.15, 0.2) is 0 Å². The highest BCUT2D eigenvalue weighted by molar-refractivity contribution is 6.93. The van der Waals surface area contributed by atoms with Gasteiger partial charge < -0.3 is 0 Å². The minimum atomic E-state index is -1.88. The number of benzene rings is 4. The van der Waals surface area contributed by atoms with Crippen LogP contribution in [0.2, 0.25) is 12.6 Å². The Hall–Kier alpha value is -3.42. The van der Waals surface area contributed by atoms with Crippen LogP contribution in [0.15, 0.2) is 95.3 Å². The van der Waals surface area contributed by atoms with Crippen molar-refractivity contribution in [2.24, 2.45) is 0 Å². The van der Waals surface area contributed by atoms with Gasteiger partial charge in [-0.3, -0.25) is 0 Å². The molecule has 0 saturated carbocycles. The van der Waals surface area contributed by atoms with E-state index in [9.17, 15) is 0 Å². The van der Waals surface area contributed by atoms with Gasteiger partial charge in [-0.05, 0) is 80.3 Å². The molecule has 2 aliphatic carbocycles. The van der Waals surface area contributed by atoms with Crippen molar-refractivity contribution in [3.63, 3.8) is 0 Å². The van der Waals surface area contributed by atoms with E-state index in [0.717, 1.165) is 12.8 Å². The van der Waals surface area contributed by atoms with Gasteiger partial charge in [-0.25, -0.2) is 0 Å². The van der Waals surface area contributed by atoms with E-state index < -0.39 is 8.07 Å². The summed E-state index contributed by atoms with van der Waals surface area (Å²) in [6.45, 7) is 14.2. The molecule has 0 nitrogen and oxygen atoms in total. The Balaban J connectivity index is 1.41. The number of rotatable bonds is 9. The third-order valence-electron chi connectivity index (χ3n) is 9.97. The zero-order valence-electron chi connectivity index (χ0n) is 26.4. The molecule has 0 bridgehead atoms. The van der Waals surface area contributed by atoms with Crippen molar-refractivity contribution in [3.05, 3.63) is 129 Å². The lowest BCUT2D eigenvalue weighted by Crippen LogP contribution is -2.36. The smallest absolute Gasteiger partial charge is 0.0712 e. The van der Waals surface area contributed by atoms with Gasteiger partial charge in [0.25, 0.3) is 0 Å². The molecular weight excluding hydrogens is 521 g/mol. The molecule has 1 heteroatoms. The summed E-state index contributed by atoms with van der Waals surface area (Å²) in [6, 6.07) is 33.7. The Morgan fingerprint density at radius 3 is 1.50 bits per heavy atom. The largest absolute Gasteiger partial charge is 0.106 e. The fourth-order valence-corrected chi connectivity index (χ4v) is 11.3. The lowest BCUT2D eigenvalue weighted by atomic mass is 9.93. The van der Waals surface area contributed by atoms with Crippen molar-refractivity contribution < 1.29 is 0 Å². The van der Waals surface area contributed by atoms with Crippen molar-refractivity contribution in [1.82, 2.24) is 0 Å². The van der Waals surface area contributed by atoms with Gasteiger partial charge in [0.2, 0.25) is 0 Å². The second kappa shape index (κ2) is 11.7. The van der Waals surface area contributed by atoms with Gasteiger partial charge in [-0.15, -0.1) is 0 Å². The summed E-state index contributed by atoms with van der Waals surface area (Å²) in [6.07, 6.45) is 10.0. The minimum absolute atomic E-state index is 0.534. The molecule has 0 atom stereocenters. The fraction of sp³-hybridized carbons (Fsp3) is 0.317. The lowest BCUT2D eigenvalue weighted by molar-refractivity contribution is 0.866. The Bertz CT molecular complexity index is 1560. The average Bonchev–Trinajstić information content (AvgIpc) is 3.65. The Morgan fingerprint density at radius 1 is 0.619 bits per heavy atom. The average molecular weight is 567 g/mol. The van der Waals surface area contributed by atoms with E-state index in [1.165, 1.54) is 74.5 Å². The number of fused-ring (bicyclic) bond motifs is 2. The lowest BCUT2D eigenvalue weighted by Gasteiger charge is -2.31. The Morgan fingerprint density at radius 2 is 1.07 bits per heavy atom. The first-order valence-electron chi connectivity index (χ1n) is 16.1. The van der Waals surface area contributed by atoms with Crippen molar-refractivity contribution in [2.45, 2.75) is 84.7 Å². The highest BCUT2D eigenvalue weighted by Crippen LogP contribution is 2.46. The standard InChI is InChI=1S/C41H46Si/c1-7-8-21-42(6,36-24-34-17-11-19-38(40(34)26-36)32-15-9-13-30(22-32)28(2)3)37-25-35-18-12-20-39(41(35)27-37)33-16-10-14-31(23-33)29(4)5/h9-20,22-23,26-29H,7-8,21,24-25H2,1-6H3. The summed E-state index contributed by atoms with van der Waals surface area (Å²) in [5.74, 6) is 1.07. The molecule has 2 aliphatic rings. The molecular formula is C41H46Si. The van der Waals surface area contributed by atoms with Crippen LogP contribution in [0.5, 0.6) is 0 Å². The highest BCUT2D eigenvalue weighted by atomic mass is 28.3. The van der Waals surface area contributed by atoms with Gasteiger partial charge >= 0.3 is 0 Å². The summed E-state index contributed by atoms with van der Waals surface area (Å²) in [5, 5.41) is 3.45. The summed E-state index contributed by atoms with van der Waals surface area (Å²) >= 11 is 0. The van der Waals surface area contributed by atoms with E-state index in [1.807, 2.05) is 0 Å². The van der Waals surface area contributed by atoms with Gasteiger partial charge in [-0.1, -0.05) is 168 Å². The molecule has 0 aliphatic heterocycles. The van der Waals surface area contributed by atoms with E-state index in [-0.39, 0.29) is 0 Å². The van der Waals surface area contributed by atoms with Crippen molar-refractivity contribution in [2.75, 3.05) is 0 Å². The Labute approximate surface area is 255 Å². The molecule has 0 heterocycles. The first-order valence-corrected chi connectivity index (χ1v) is 18.9. The van der Waals surface area contributed by atoms with Crippen LogP contribution in [0, 0.1) is 0 Å². The summed E-state index contributed by atoms with van der Waals surface area (Å²) in [5.41, 5.74) is 14.3. The van der Waals surface area contributed by atoms with E-state index in [1.54, 1.807) is 10.4 Å². The predicted molar refractivity (Wildman–Crippen MR) is 187 cm³/mol. The molecule has 0 unspecified atom stereocenters. The molecule has 0 saturated heterocycles. The van der Waals surface area contributed by atoms with E-state index in [2.05, 4.69) is 138 Å². The molecule has 6 rings (SSSR count). The van der Waals surface area contributed by atoms with Crippen molar-refractivity contribution in [3.8, 4) is 22.3 Å². The third-order valence-corrected chi connectivity index (χ3v) is 14.8. The fourth-order valence-electron chi connectivity index (χ4n) is 7.14. The zero-order valence-corrected chi connectivity index (χ0v) is 27.4. The van der Waals surface area contributed by atoms with Crippen LogP contribution >= 0.6 is 0 Å². The quantitative estimate of drug-likeness (QED) is 0.177. The normalized spacial score (nSPS) is 14.3. The van der Waals surface area contributed by atoms with Gasteiger partial charge in [-0.2, -0.15) is 0 Å². The van der Waals surface area contributed by atoms with Gasteiger partial charge in [0.05, 0.1) is 0 Å². The SMILES string of the molecule is CCCC[Si](C)(C1=Cc2c(cccc2-c2cccc(C(C)C)c2)C1)C1=Cc2c(cccc2-c2cccc(C(C)C)c2)C1. The maximum Gasteiger partial charge on any atom is 0.106 e. The van der Waals surface area contributed by atoms with Crippen LogP contribution in [-0.4, -0.2) is 8.07 Å². The van der Waals surface area contributed by atoms with E-state index >= 15 is 0 Å². The highest BCUT2D eigenvalue weighted by Gasteiger charge is 2.39. The monoisotopic (exact) mass is 566 g/mol. The molecule has 0 radical (unpaired) electrons. The van der Waals surface area contributed by atoms with Gasteiger partial charge in [0.1, 0.15) is 8.07 Å². The Kier molecular flexibility index (Phi) is 7.98. The predicted octanol–water partition coefficient (Wildman–Crippen LogP) is 11.8. The molecule has 0 amide bonds. The first-order chi connectivity index (χ1) is 20.3. The molecule has 0 N–H and O–H groups in total. The van der Waals surface area contributed by atoms with E-state index in [4.69, 9.17) is 0 Å². The molecule has 4 aromatic rings. The molecule has 4 aromatic carbocycles. The van der Waals surface area contributed by atoms with Crippen LogP contribution in [-0.2, 0) is 12.8 Å². The van der Waals surface area contributed by atoms with Crippen LogP contribution < -0.4 is 0 Å². The molecule has 0 aromatic heterocycles. The van der Waals surface area contributed by atoms with E-state index in [0.29, 0.717) is 11.8 Å². The number of unbranched alkanes of at least 4 members (excludes halogenated alkanes) is 1. The van der Waals surface area contributed by atoms with Crippen molar-refractivity contribution >= 4 is 20.2 Å². The second-order valence-corrected chi connectivity index (χ2v) is 17.9. The van der Waals surface area contributed by atoms with Gasteiger partial charge in [0, 0.05) is 0 Å². The zero-order chi connectivity index (χ0) is 29.4. The van der Waals surface area contributed by atoms with Crippen LogP contribution in [0.3, 0.4) is 0 Å². The third kappa shape index (κ3) is 5.29. The van der Waals surface area contributed by atoms with Crippen LogP contribution in [0.1, 0.15) is 92.7 Å².